The zero-order valence-corrected chi connectivity index (χ0v) is 9.67. The lowest BCUT2D eigenvalue weighted by Crippen LogP contribution is -2.50. The Morgan fingerprint density at radius 3 is 2.47 bits per heavy atom. The number of phenolic OH excluding ortho intramolecular Hbond substituents is 1. The molecule has 0 unspecified atom stereocenters. The van der Waals surface area contributed by atoms with Crippen molar-refractivity contribution in [2.24, 2.45) is 5.73 Å². The Bertz CT molecular complexity index is 400. The number of amides is 1. The summed E-state index contributed by atoms with van der Waals surface area (Å²) >= 11 is 0. The number of hydrogen-bond acceptors (Lipinski definition) is 4. The Morgan fingerprint density at radius 1 is 1.24 bits per heavy atom. The molecule has 0 aliphatic carbocycles. The maximum Gasteiger partial charge on any atom is 0.236 e. The fourth-order valence-electron chi connectivity index (χ4n) is 2.06. The molecule has 1 aliphatic rings. The lowest BCUT2D eigenvalue weighted by molar-refractivity contribution is -0.129. The summed E-state index contributed by atoms with van der Waals surface area (Å²) in [6.07, 6.45) is 0. The van der Waals surface area contributed by atoms with Crippen molar-refractivity contribution in [1.82, 2.24) is 4.90 Å². The Balaban J connectivity index is 2.00. The lowest BCUT2D eigenvalue weighted by Gasteiger charge is -2.36. The first-order valence-electron chi connectivity index (χ1n) is 5.73. The van der Waals surface area contributed by atoms with E-state index >= 15 is 0 Å². The predicted octanol–water partition coefficient (Wildman–Crippen LogP) is -0.000500. The van der Waals surface area contributed by atoms with Gasteiger partial charge in [-0.1, -0.05) is 12.1 Å². The summed E-state index contributed by atoms with van der Waals surface area (Å²) in [7, 11) is 0. The van der Waals surface area contributed by atoms with E-state index in [0.717, 1.165) is 18.8 Å². The Morgan fingerprint density at radius 2 is 1.88 bits per heavy atom. The average Bonchev–Trinajstić information content (AvgIpc) is 2.39. The van der Waals surface area contributed by atoms with Gasteiger partial charge in [0.25, 0.3) is 0 Å². The number of phenols is 1. The molecular weight excluding hydrogens is 218 g/mol. The van der Waals surface area contributed by atoms with Gasteiger partial charge in [-0.15, -0.1) is 0 Å². The minimum atomic E-state index is -0.0121. The summed E-state index contributed by atoms with van der Waals surface area (Å²) < 4.78 is 0. The second-order valence-corrected chi connectivity index (χ2v) is 4.06. The van der Waals surface area contributed by atoms with Gasteiger partial charge in [-0.25, -0.2) is 0 Å². The number of nitrogens with zero attached hydrogens (tertiary/aromatic N) is 2. The fourth-order valence-corrected chi connectivity index (χ4v) is 2.06. The highest BCUT2D eigenvalue weighted by molar-refractivity contribution is 5.78. The molecule has 2 rings (SSSR count). The highest BCUT2D eigenvalue weighted by atomic mass is 16.3. The molecule has 1 aromatic carbocycles. The number of carbonyl (C=O) groups excluding carboxylic acids is 1. The largest absolute Gasteiger partial charge is 0.506 e. The molecule has 1 heterocycles. The van der Waals surface area contributed by atoms with Crippen molar-refractivity contribution in [3.05, 3.63) is 24.3 Å². The van der Waals surface area contributed by atoms with Gasteiger partial charge in [0, 0.05) is 26.2 Å². The van der Waals surface area contributed by atoms with Crippen molar-refractivity contribution in [3.63, 3.8) is 0 Å². The van der Waals surface area contributed by atoms with Crippen LogP contribution >= 0.6 is 0 Å². The minimum absolute atomic E-state index is 0.0121. The van der Waals surface area contributed by atoms with Gasteiger partial charge in [-0.05, 0) is 12.1 Å². The molecular formula is C12H17N3O2. The second kappa shape index (κ2) is 5.05. The van der Waals surface area contributed by atoms with Gasteiger partial charge >= 0.3 is 0 Å². The van der Waals surface area contributed by atoms with Crippen LogP contribution in [0.1, 0.15) is 0 Å². The van der Waals surface area contributed by atoms with Crippen molar-refractivity contribution in [1.29, 1.82) is 0 Å². The fraction of sp³-hybridized carbons (Fsp3) is 0.417. The van der Waals surface area contributed by atoms with E-state index in [4.69, 9.17) is 5.73 Å². The van der Waals surface area contributed by atoms with E-state index in [2.05, 4.69) is 4.90 Å². The molecule has 3 N–H and O–H groups in total. The summed E-state index contributed by atoms with van der Waals surface area (Å²) in [4.78, 5) is 15.2. The highest BCUT2D eigenvalue weighted by Gasteiger charge is 2.21. The monoisotopic (exact) mass is 235 g/mol. The zero-order valence-electron chi connectivity index (χ0n) is 9.67. The summed E-state index contributed by atoms with van der Waals surface area (Å²) in [6, 6.07) is 7.25. The molecule has 5 nitrogen and oxygen atoms in total. The van der Waals surface area contributed by atoms with E-state index in [1.165, 1.54) is 0 Å². The molecule has 0 saturated carbocycles. The number of hydrogen-bond donors (Lipinski definition) is 2. The molecule has 1 fully saturated rings. The molecule has 0 aromatic heterocycles. The summed E-state index contributed by atoms with van der Waals surface area (Å²) in [5.74, 6) is 0.271. The van der Waals surface area contributed by atoms with Crippen LogP contribution in [0, 0.1) is 0 Å². The molecule has 0 radical (unpaired) electrons. The van der Waals surface area contributed by atoms with Crippen molar-refractivity contribution < 1.29 is 9.90 Å². The van der Waals surface area contributed by atoms with Gasteiger partial charge in [-0.3, -0.25) is 4.79 Å². The SMILES string of the molecule is NCC(=O)N1CCN(c2ccccc2O)CC1. The third-order valence-electron chi connectivity index (χ3n) is 3.03. The van der Waals surface area contributed by atoms with Crippen LogP contribution in [0.15, 0.2) is 24.3 Å². The van der Waals surface area contributed by atoms with Gasteiger partial charge in [0.2, 0.25) is 5.91 Å². The summed E-state index contributed by atoms with van der Waals surface area (Å²) in [5.41, 5.74) is 6.15. The van der Waals surface area contributed by atoms with Gasteiger partial charge < -0.3 is 20.6 Å². The first-order valence-corrected chi connectivity index (χ1v) is 5.73. The van der Waals surface area contributed by atoms with Crippen LogP contribution in [-0.2, 0) is 4.79 Å². The van der Waals surface area contributed by atoms with Crippen LogP contribution in [0.25, 0.3) is 0 Å². The Kier molecular flexibility index (Phi) is 3.49. The van der Waals surface area contributed by atoms with E-state index in [9.17, 15) is 9.90 Å². The van der Waals surface area contributed by atoms with Crippen LogP contribution in [0.2, 0.25) is 0 Å². The number of rotatable bonds is 2. The normalized spacial score (nSPS) is 16.1. The topological polar surface area (TPSA) is 69.8 Å². The molecule has 1 saturated heterocycles. The number of piperazine rings is 1. The summed E-state index contributed by atoms with van der Waals surface area (Å²) in [5, 5.41) is 9.74. The second-order valence-electron chi connectivity index (χ2n) is 4.06. The van der Waals surface area contributed by atoms with Crippen LogP contribution in [0.4, 0.5) is 5.69 Å². The molecule has 1 aromatic rings. The third kappa shape index (κ3) is 2.50. The Hall–Kier alpha value is -1.75. The smallest absolute Gasteiger partial charge is 0.236 e. The van der Waals surface area contributed by atoms with Crippen LogP contribution < -0.4 is 10.6 Å². The van der Waals surface area contributed by atoms with Crippen LogP contribution in [-0.4, -0.2) is 48.6 Å². The number of para-hydroxylation sites is 2. The van der Waals surface area contributed by atoms with E-state index in [1.807, 2.05) is 12.1 Å². The van der Waals surface area contributed by atoms with E-state index in [1.54, 1.807) is 17.0 Å². The maximum absolute atomic E-state index is 11.4. The van der Waals surface area contributed by atoms with Crippen LogP contribution in [0.5, 0.6) is 5.75 Å². The van der Waals surface area contributed by atoms with Gasteiger partial charge in [-0.2, -0.15) is 0 Å². The molecule has 17 heavy (non-hydrogen) atoms. The van der Waals surface area contributed by atoms with E-state index < -0.39 is 0 Å². The number of anilines is 1. The molecule has 5 heteroatoms. The average molecular weight is 235 g/mol. The van der Waals surface area contributed by atoms with Gasteiger partial charge in [0.15, 0.2) is 0 Å². The van der Waals surface area contributed by atoms with Crippen molar-refractivity contribution in [2.45, 2.75) is 0 Å². The quantitative estimate of drug-likeness (QED) is 0.757. The number of aromatic hydroxyl groups is 1. The first-order chi connectivity index (χ1) is 8.22. The predicted molar refractivity (Wildman–Crippen MR) is 66.0 cm³/mol. The summed E-state index contributed by atoms with van der Waals surface area (Å²) in [6.45, 7) is 2.83. The van der Waals surface area contributed by atoms with Crippen LogP contribution in [0.3, 0.4) is 0 Å². The van der Waals surface area contributed by atoms with Crippen molar-refractivity contribution in [3.8, 4) is 5.75 Å². The molecule has 1 aliphatic heterocycles. The standard InChI is InChI=1S/C12H17N3O2/c13-9-12(17)15-7-5-14(6-8-15)10-3-1-2-4-11(10)16/h1-4,16H,5-9,13H2. The Labute approximate surface area is 100 Å². The number of nitrogens with two attached hydrogens (primary N) is 1. The number of carbonyl (C=O) groups is 1. The molecule has 92 valence electrons. The highest BCUT2D eigenvalue weighted by Crippen LogP contribution is 2.27. The molecule has 1 amide bonds. The van der Waals surface area contributed by atoms with E-state index in [0.29, 0.717) is 13.1 Å². The lowest BCUT2D eigenvalue weighted by atomic mass is 10.2. The van der Waals surface area contributed by atoms with Gasteiger partial charge in [0.1, 0.15) is 5.75 Å². The first kappa shape index (κ1) is 11.7. The van der Waals surface area contributed by atoms with Gasteiger partial charge in [0.05, 0.1) is 12.2 Å². The molecule has 0 spiro atoms. The minimum Gasteiger partial charge on any atom is -0.506 e. The third-order valence-corrected chi connectivity index (χ3v) is 3.03. The number of benzene rings is 1. The van der Waals surface area contributed by atoms with Crippen molar-refractivity contribution in [2.75, 3.05) is 37.6 Å². The van der Waals surface area contributed by atoms with Crippen molar-refractivity contribution >= 4 is 11.6 Å². The molecule has 0 bridgehead atoms. The molecule has 0 atom stereocenters. The zero-order chi connectivity index (χ0) is 12.3. The van der Waals surface area contributed by atoms with E-state index in [-0.39, 0.29) is 18.2 Å². The maximum atomic E-state index is 11.4.